The average molecular weight is 353 g/mol. The molecule has 1 aromatic rings. The number of nitrogens with two attached hydrogens (primary N) is 1. The van der Waals surface area contributed by atoms with Crippen LogP contribution in [0.4, 0.5) is 0 Å². The molecule has 0 saturated carbocycles. The van der Waals surface area contributed by atoms with Crippen molar-refractivity contribution in [3.05, 3.63) is 34.3 Å². The highest BCUT2D eigenvalue weighted by Gasteiger charge is 2.17. The largest absolute Gasteiger partial charge is 0.324 e. The van der Waals surface area contributed by atoms with Gasteiger partial charge in [-0.05, 0) is 62.9 Å². The highest BCUT2D eigenvalue weighted by molar-refractivity contribution is 9.10. The molecule has 2 atom stereocenters. The zero-order valence-electron chi connectivity index (χ0n) is 13.2. The summed E-state index contributed by atoms with van der Waals surface area (Å²) < 4.78 is 1.14. The van der Waals surface area contributed by atoms with Gasteiger partial charge in [0, 0.05) is 10.5 Å². The summed E-state index contributed by atoms with van der Waals surface area (Å²) in [4.78, 5) is 2.62. The fourth-order valence-corrected chi connectivity index (χ4v) is 3.98. The molecule has 0 aromatic heterocycles. The third-order valence-electron chi connectivity index (χ3n) is 4.70. The SMILES string of the molecule is CCCC1CCCN(CCC(N)c2ccccc2Br)CC1. The van der Waals surface area contributed by atoms with E-state index in [0.29, 0.717) is 0 Å². The minimum absolute atomic E-state index is 0.135. The van der Waals surface area contributed by atoms with Crippen molar-refractivity contribution in [2.75, 3.05) is 19.6 Å². The number of halogens is 1. The van der Waals surface area contributed by atoms with Gasteiger partial charge in [-0.3, -0.25) is 0 Å². The molecule has 0 aliphatic carbocycles. The van der Waals surface area contributed by atoms with Crippen LogP contribution in [0.2, 0.25) is 0 Å². The highest BCUT2D eigenvalue weighted by atomic mass is 79.9. The van der Waals surface area contributed by atoms with Gasteiger partial charge < -0.3 is 10.6 Å². The van der Waals surface area contributed by atoms with Gasteiger partial charge in [-0.2, -0.15) is 0 Å². The van der Waals surface area contributed by atoms with Crippen molar-refractivity contribution in [1.82, 2.24) is 4.90 Å². The Labute approximate surface area is 138 Å². The van der Waals surface area contributed by atoms with E-state index in [9.17, 15) is 0 Å². The first-order chi connectivity index (χ1) is 10.2. The lowest BCUT2D eigenvalue weighted by molar-refractivity contribution is 0.268. The molecular weight excluding hydrogens is 324 g/mol. The summed E-state index contributed by atoms with van der Waals surface area (Å²) in [6.45, 7) is 5.94. The quantitative estimate of drug-likeness (QED) is 0.800. The maximum absolute atomic E-state index is 6.37. The lowest BCUT2D eigenvalue weighted by atomic mass is 9.96. The van der Waals surface area contributed by atoms with Crippen LogP contribution in [-0.4, -0.2) is 24.5 Å². The highest BCUT2D eigenvalue weighted by Crippen LogP contribution is 2.25. The number of rotatable bonds is 6. The van der Waals surface area contributed by atoms with Gasteiger partial charge in [0.1, 0.15) is 0 Å². The van der Waals surface area contributed by atoms with E-state index < -0.39 is 0 Å². The zero-order chi connectivity index (χ0) is 15.1. The molecule has 0 spiro atoms. The van der Waals surface area contributed by atoms with Crippen LogP contribution in [0.15, 0.2) is 28.7 Å². The first kappa shape index (κ1) is 17.0. The Bertz CT molecular complexity index is 421. The molecule has 1 fully saturated rings. The Balaban J connectivity index is 1.79. The summed E-state index contributed by atoms with van der Waals surface area (Å²) in [5.74, 6) is 0.956. The molecule has 1 aromatic carbocycles. The van der Waals surface area contributed by atoms with Gasteiger partial charge in [0.05, 0.1) is 0 Å². The predicted molar refractivity (Wildman–Crippen MR) is 94.4 cm³/mol. The Morgan fingerprint density at radius 1 is 1.29 bits per heavy atom. The molecule has 0 amide bonds. The maximum atomic E-state index is 6.37. The van der Waals surface area contributed by atoms with E-state index in [1.54, 1.807) is 0 Å². The van der Waals surface area contributed by atoms with Crippen molar-refractivity contribution in [1.29, 1.82) is 0 Å². The van der Waals surface area contributed by atoms with Crippen LogP contribution >= 0.6 is 15.9 Å². The summed E-state index contributed by atoms with van der Waals surface area (Å²) in [7, 11) is 0. The fourth-order valence-electron chi connectivity index (χ4n) is 3.40. The van der Waals surface area contributed by atoms with Crippen molar-refractivity contribution in [2.24, 2.45) is 11.7 Å². The summed E-state index contributed by atoms with van der Waals surface area (Å²) in [5, 5.41) is 0. The molecule has 2 N–H and O–H groups in total. The van der Waals surface area contributed by atoms with E-state index in [2.05, 4.69) is 46.0 Å². The fraction of sp³-hybridized carbons (Fsp3) is 0.667. The molecule has 0 bridgehead atoms. The number of likely N-dealkylation sites (tertiary alicyclic amines) is 1. The number of benzene rings is 1. The minimum atomic E-state index is 0.135. The van der Waals surface area contributed by atoms with Gasteiger partial charge in [0.2, 0.25) is 0 Å². The average Bonchev–Trinajstić information content (AvgIpc) is 2.71. The van der Waals surface area contributed by atoms with Crippen LogP contribution in [0, 0.1) is 5.92 Å². The van der Waals surface area contributed by atoms with Crippen molar-refractivity contribution in [2.45, 2.75) is 51.5 Å². The second-order valence-electron chi connectivity index (χ2n) is 6.34. The monoisotopic (exact) mass is 352 g/mol. The van der Waals surface area contributed by atoms with Crippen LogP contribution in [0.5, 0.6) is 0 Å². The Morgan fingerprint density at radius 3 is 2.86 bits per heavy atom. The normalized spacial score (nSPS) is 22.0. The summed E-state index contributed by atoms with van der Waals surface area (Å²) in [6, 6.07) is 8.46. The van der Waals surface area contributed by atoms with Crippen LogP contribution in [0.3, 0.4) is 0 Å². The summed E-state index contributed by atoms with van der Waals surface area (Å²) in [6.07, 6.45) is 7.93. The van der Waals surface area contributed by atoms with E-state index in [1.807, 2.05) is 6.07 Å². The molecule has 1 aliphatic heterocycles. The van der Waals surface area contributed by atoms with Gasteiger partial charge in [-0.25, -0.2) is 0 Å². The van der Waals surface area contributed by atoms with E-state index in [0.717, 1.165) is 23.4 Å². The van der Waals surface area contributed by atoms with E-state index >= 15 is 0 Å². The van der Waals surface area contributed by atoms with Crippen LogP contribution in [0.1, 0.15) is 57.1 Å². The molecule has 0 radical (unpaired) electrons. The van der Waals surface area contributed by atoms with Crippen molar-refractivity contribution >= 4 is 15.9 Å². The van der Waals surface area contributed by atoms with Crippen LogP contribution in [0.25, 0.3) is 0 Å². The molecule has 1 heterocycles. The van der Waals surface area contributed by atoms with Crippen molar-refractivity contribution < 1.29 is 0 Å². The van der Waals surface area contributed by atoms with Gasteiger partial charge in [-0.15, -0.1) is 0 Å². The minimum Gasteiger partial charge on any atom is -0.324 e. The zero-order valence-corrected chi connectivity index (χ0v) is 14.8. The first-order valence-electron chi connectivity index (χ1n) is 8.43. The van der Waals surface area contributed by atoms with E-state index in [1.165, 1.54) is 50.8 Å². The van der Waals surface area contributed by atoms with Crippen LogP contribution < -0.4 is 5.73 Å². The lowest BCUT2D eigenvalue weighted by Crippen LogP contribution is -2.28. The molecule has 2 rings (SSSR count). The van der Waals surface area contributed by atoms with Gasteiger partial charge in [0.25, 0.3) is 0 Å². The smallest absolute Gasteiger partial charge is 0.0318 e. The molecule has 1 saturated heterocycles. The third kappa shape index (κ3) is 5.39. The second kappa shape index (κ2) is 8.92. The van der Waals surface area contributed by atoms with Gasteiger partial charge in [-0.1, -0.05) is 53.9 Å². The first-order valence-corrected chi connectivity index (χ1v) is 9.22. The van der Waals surface area contributed by atoms with E-state index in [4.69, 9.17) is 5.73 Å². The predicted octanol–water partition coefficient (Wildman–Crippen LogP) is 4.74. The molecule has 3 heteroatoms. The van der Waals surface area contributed by atoms with Crippen molar-refractivity contribution in [3.63, 3.8) is 0 Å². The number of hydrogen-bond donors (Lipinski definition) is 1. The van der Waals surface area contributed by atoms with Crippen molar-refractivity contribution in [3.8, 4) is 0 Å². The molecular formula is C18H29BrN2. The van der Waals surface area contributed by atoms with Crippen LogP contribution in [-0.2, 0) is 0 Å². The Hall–Kier alpha value is -0.380. The maximum Gasteiger partial charge on any atom is 0.0318 e. The molecule has 21 heavy (non-hydrogen) atoms. The Morgan fingerprint density at radius 2 is 2.10 bits per heavy atom. The van der Waals surface area contributed by atoms with Gasteiger partial charge >= 0.3 is 0 Å². The third-order valence-corrected chi connectivity index (χ3v) is 5.42. The second-order valence-corrected chi connectivity index (χ2v) is 7.20. The number of hydrogen-bond acceptors (Lipinski definition) is 2. The molecule has 2 unspecified atom stereocenters. The molecule has 1 aliphatic rings. The standard InChI is InChI=1S/C18H29BrN2/c1-2-6-15-7-5-12-21(13-10-15)14-11-18(20)16-8-3-4-9-17(16)19/h3-4,8-9,15,18H,2,5-7,10-14,20H2,1H3. The summed E-state index contributed by atoms with van der Waals surface area (Å²) in [5.41, 5.74) is 7.60. The topological polar surface area (TPSA) is 29.3 Å². The molecule has 118 valence electrons. The Kier molecular flexibility index (Phi) is 7.21. The summed E-state index contributed by atoms with van der Waals surface area (Å²) >= 11 is 3.61. The lowest BCUT2D eigenvalue weighted by Gasteiger charge is -2.22. The van der Waals surface area contributed by atoms with Gasteiger partial charge in [0.15, 0.2) is 0 Å². The van der Waals surface area contributed by atoms with E-state index in [-0.39, 0.29) is 6.04 Å². The number of nitrogens with zero attached hydrogens (tertiary/aromatic N) is 1. The molecule has 2 nitrogen and oxygen atoms in total.